The molecule has 2 heterocycles. The summed E-state index contributed by atoms with van der Waals surface area (Å²) >= 11 is 3.29. The van der Waals surface area contributed by atoms with Gasteiger partial charge in [0.15, 0.2) is 11.3 Å². The van der Waals surface area contributed by atoms with Crippen LogP contribution >= 0.6 is 15.9 Å². The molecule has 5 nitrogen and oxygen atoms in total. The van der Waals surface area contributed by atoms with Crippen molar-refractivity contribution in [2.45, 2.75) is 0 Å². The maximum atomic E-state index is 10.7. The zero-order chi connectivity index (χ0) is 11.0. The number of hydrogen-bond acceptors (Lipinski definition) is 3. The Bertz CT molecular complexity index is 535. The summed E-state index contributed by atoms with van der Waals surface area (Å²) in [5.41, 5.74) is 0.553. The quantitative estimate of drug-likeness (QED) is 0.904. The summed E-state index contributed by atoms with van der Waals surface area (Å²) in [5.74, 6) is -0.423. The number of halogens is 1. The van der Waals surface area contributed by atoms with Gasteiger partial charge in [-0.2, -0.15) is 0 Å². The van der Waals surface area contributed by atoms with Gasteiger partial charge in [0, 0.05) is 6.20 Å². The van der Waals surface area contributed by atoms with E-state index >= 15 is 0 Å². The maximum absolute atomic E-state index is 10.7. The number of carboxylic acids is 1. The predicted octanol–water partition coefficient (Wildman–Crippen LogP) is 1.80. The molecule has 0 atom stereocenters. The fourth-order valence-electron chi connectivity index (χ4n) is 1.25. The van der Waals surface area contributed by atoms with E-state index < -0.39 is 5.97 Å². The van der Waals surface area contributed by atoms with Crippen molar-refractivity contribution >= 4 is 27.5 Å². The van der Waals surface area contributed by atoms with Crippen molar-refractivity contribution in [1.82, 2.24) is 9.38 Å². The van der Waals surface area contributed by atoms with Crippen LogP contribution in [-0.2, 0) is 0 Å². The number of ether oxygens (including phenoxy) is 1. The lowest BCUT2D eigenvalue weighted by Gasteiger charge is -2.01. The Kier molecular flexibility index (Phi) is 2.36. The highest BCUT2D eigenvalue weighted by atomic mass is 79.9. The van der Waals surface area contributed by atoms with Crippen LogP contribution in [0.25, 0.3) is 5.65 Å². The number of aromatic nitrogens is 2. The van der Waals surface area contributed by atoms with Crippen molar-refractivity contribution in [3.05, 3.63) is 28.6 Å². The van der Waals surface area contributed by atoms with Crippen LogP contribution < -0.4 is 4.74 Å². The van der Waals surface area contributed by atoms with Crippen LogP contribution in [0.4, 0.5) is 0 Å². The fraction of sp³-hybridized carbons (Fsp3) is 0.111. The number of imidazole rings is 1. The molecule has 15 heavy (non-hydrogen) atoms. The molecule has 0 fully saturated rings. The summed E-state index contributed by atoms with van der Waals surface area (Å²) in [6.07, 6.45) is 3.10. The average Bonchev–Trinajstić information content (AvgIpc) is 2.61. The van der Waals surface area contributed by atoms with Crippen LogP contribution in [0.1, 0.15) is 10.5 Å². The molecule has 2 rings (SSSR count). The zero-order valence-corrected chi connectivity index (χ0v) is 9.35. The van der Waals surface area contributed by atoms with Gasteiger partial charge in [0.1, 0.15) is 5.75 Å². The molecule has 1 N–H and O–H groups in total. The molecule has 78 valence electrons. The molecule has 0 saturated carbocycles. The van der Waals surface area contributed by atoms with Crippen LogP contribution in [0.5, 0.6) is 5.75 Å². The summed E-state index contributed by atoms with van der Waals surface area (Å²) in [6, 6.07) is 1.73. The summed E-state index contributed by atoms with van der Waals surface area (Å²) < 4.78 is 7.34. The largest absolute Gasteiger partial charge is 0.495 e. The van der Waals surface area contributed by atoms with Gasteiger partial charge in [0.05, 0.1) is 17.8 Å². The first-order valence-electron chi connectivity index (χ1n) is 4.07. The van der Waals surface area contributed by atoms with Gasteiger partial charge in [-0.25, -0.2) is 9.78 Å². The maximum Gasteiger partial charge on any atom is 0.356 e. The van der Waals surface area contributed by atoms with Gasteiger partial charge in [0.25, 0.3) is 0 Å². The Hall–Kier alpha value is -1.56. The van der Waals surface area contributed by atoms with Crippen molar-refractivity contribution in [1.29, 1.82) is 0 Å². The normalized spacial score (nSPS) is 10.5. The van der Waals surface area contributed by atoms with E-state index in [0.29, 0.717) is 15.9 Å². The minimum atomic E-state index is -1.05. The van der Waals surface area contributed by atoms with E-state index in [-0.39, 0.29) is 5.69 Å². The van der Waals surface area contributed by atoms with E-state index in [1.54, 1.807) is 23.8 Å². The van der Waals surface area contributed by atoms with Gasteiger partial charge in [-0.05, 0) is 22.0 Å². The van der Waals surface area contributed by atoms with Gasteiger partial charge in [0.2, 0.25) is 0 Å². The molecule has 0 unspecified atom stereocenters. The van der Waals surface area contributed by atoms with E-state index in [1.165, 1.54) is 6.20 Å². The Balaban J connectivity index is 2.69. The van der Waals surface area contributed by atoms with Gasteiger partial charge < -0.3 is 14.2 Å². The lowest BCUT2D eigenvalue weighted by atomic mass is 10.4. The molecule has 0 aliphatic rings. The van der Waals surface area contributed by atoms with Crippen molar-refractivity contribution in [2.24, 2.45) is 0 Å². The van der Waals surface area contributed by atoms with Gasteiger partial charge in [-0.3, -0.25) is 0 Å². The number of pyridine rings is 1. The minimum absolute atomic E-state index is 0.00366. The number of fused-ring (bicyclic) bond motifs is 1. The molecule has 2 aromatic rings. The van der Waals surface area contributed by atoms with Gasteiger partial charge in [-0.15, -0.1) is 0 Å². The van der Waals surface area contributed by atoms with Crippen molar-refractivity contribution in [2.75, 3.05) is 7.11 Å². The van der Waals surface area contributed by atoms with Gasteiger partial charge in [-0.1, -0.05) is 0 Å². The third-order valence-electron chi connectivity index (χ3n) is 1.94. The van der Waals surface area contributed by atoms with Gasteiger partial charge >= 0.3 is 5.97 Å². The highest BCUT2D eigenvalue weighted by Gasteiger charge is 2.11. The van der Waals surface area contributed by atoms with Crippen LogP contribution in [0.15, 0.2) is 22.9 Å². The number of rotatable bonds is 2. The smallest absolute Gasteiger partial charge is 0.356 e. The molecular formula is C9H7BrN2O3. The predicted molar refractivity (Wildman–Crippen MR) is 56.4 cm³/mol. The Morgan fingerprint density at radius 1 is 1.60 bits per heavy atom. The summed E-state index contributed by atoms with van der Waals surface area (Å²) in [7, 11) is 1.54. The average molecular weight is 271 g/mol. The minimum Gasteiger partial charge on any atom is -0.495 e. The molecular weight excluding hydrogens is 264 g/mol. The Morgan fingerprint density at radius 2 is 2.33 bits per heavy atom. The third-order valence-corrected chi connectivity index (χ3v) is 2.52. The monoisotopic (exact) mass is 270 g/mol. The van der Waals surface area contributed by atoms with E-state index in [9.17, 15) is 4.79 Å². The molecule has 6 heteroatoms. The second-order valence-corrected chi connectivity index (χ2v) is 3.74. The van der Waals surface area contributed by atoms with E-state index in [2.05, 4.69) is 20.9 Å². The van der Waals surface area contributed by atoms with E-state index in [1.807, 2.05) is 0 Å². The molecule has 0 amide bonds. The van der Waals surface area contributed by atoms with Crippen LogP contribution in [0.2, 0.25) is 0 Å². The molecule has 0 spiro atoms. The number of hydrogen-bond donors (Lipinski definition) is 1. The Labute approximate surface area is 93.4 Å². The zero-order valence-electron chi connectivity index (χ0n) is 7.77. The van der Waals surface area contributed by atoms with Crippen LogP contribution in [0, 0.1) is 0 Å². The molecule has 0 aliphatic heterocycles. The summed E-state index contributed by atoms with van der Waals surface area (Å²) in [5, 5.41) is 8.78. The van der Waals surface area contributed by atoms with Crippen molar-refractivity contribution < 1.29 is 14.6 Å². The van der Waals surface area contributed by atoms with Crippen LogP contribution in [-0.4, -0.2) is 27.6 Å². The number of aromatic carboxylic acids is 1. The number of carbonyl (C=O) groups is 1. The molecule has 0 saturated heterocycles. The second kappa shape index (κ2) is 3.54. The molecule has 0 radical (unpaired) electrons. The Morgan fingerprint density at radius 3 is 2.93 bits per heavy atom. The van der Waals surface area contributed by atoms with E-state index in [4.69, 9.17) is 9.84 Å². The van der Waals surface area contributed by atoms with Crippen LogP contribution in [0.3, 0.4) is 0 Å². The highest BCUT2D eigenvalue weighted by Crippen LogP contribution is 2.23. The van der Waals surface area contributed by atoms with Crippen molar-refractivity contribution in [3.8, 4) is 5.75 Å². The number of nitrogens with zero attached hydrogens (tertiary/aromatic N) is 2. The summed E-state index contributed by atoms with van der Waals surface area (Å²) in [6.45, 7) is 0. The molecule has 0 bridgehead atoms. The summed E-state index contributed by atoms with van der Waals surface area (Å²) in [4.78, 5) is 14.7. The second-order valence-electron chi connectivity index (χ2n) is 2.89. The first-order chi connectivity index (χ1) is 7.11. The van der Waals surface area contributed by atoms with Crippen molar-refractivity contribution in [3.63, 3.8) is 0 Å². The lowest BCUT2D eigenvalue weighted by Crippen LogP contribution is -1.94. The fourth-order valence-corrected chi connectivity index (χ4v) is 1.77. The molecule has 0 aromatic carbocycles. The number of carboxylic acid groups (broad SMARTS) is 1. The third kappa shape index (κ3) is 1.68. The van der Waals surface area contributed by atoms with E-state index in [0.717, 1.165) is 0 Å². The lowest BCUT2D eigenvalue weighted by molar-refractivity contribution is 0.0691. The first-order valence-corrected chi connectivity index (χ1v) is 4.86. The number of methoxy groups -OCH3 is 1. The standard InChI is InChI=1S/C9H7BrN2O3/c1-15-5-2-6(10)8-11-7(9(13)14)4-12(8)3-5/h2-4H,1H3,(H,13,14). The first kappa shape index (κ1) is 9.97. The highest BCUT2D eigenvalue weighted by molar-refractivity contribution is 9.10. The molecule has 2 aromatic heterocycles. The molecule has 0 aliphatic carbocycles. The SMILES string of the molecule is COc1cc(Br)c2nc(C(=O)O)cn2c1. The topological polar surface area (TPSA) is 63.8 Å².